The van der Waals surface area contributed by atoms with Crippen LogP contribution in [0.1, 0.15) is 203 Å². The monoisotopic (exact) mass is 1480 g/mol. The second kappa shape index (κ2) is 50.1. The first-order valence-electron chi connectivity index (χ1n) is 33.6. The zero-order chi connectivity index (χ0) is 77.6. The molecule has 4 amide bonds. The van der Waals surface area contributed by atoms with Gasteiger partial charge in [0.15, 0.2) is 0 Å². The van der Waals surface area contributed by atoms with E-state index in [0.29, 0.717) is 66.3 Å². The van der Waals surface area contributed by atoms with Crippen LogP contribution in [0.5, 0.6) is 23.0 Å². The molecular formula is C83H110N6O18. The highest BCUT2D eigenvalue weighted by Gasteiger charge is 2.22. The molecule has 8 aromatic carbocycles. The van der Waals surface area contributed by atoms with E-state index in [-0.39, 0.29) is 50.6 Å². The van der Waals surface area contributed by atoms with Crippen molar-refractivity contribution in [2.75, 3.05) is 54.4 Å². The van der Waals surface area contributed by atoms with Gasteiger partial charge in [0.2, 0.25) is 0 Å². The molecule has 0 radical (unpaired) electrons. The number of esters is 2. The lowest BCUT2D eigenvalue weighted by atomic mass is 10.1. The first-order valence-corrected chi connectivity index (χ1v) is 33.6. The summed E-state index contributed by atoms with van der Waals surface area (Å²) in [7, 11) is 6.57. The average Bonchev–Trinajstić information content (AvgIpc) is 0.840. The molecule has 8 rings (SSSR count). The highest BCUT2D eigenvalue weighted by atomic mass is 16.6. The topological polar surface area (TPSA) is 342 Å². The van der Waals surface area contributed by atoms with Crippen molar-refractivity contribution in [1.82, 2.24) is 19.6 Å². The van der Waals surface area contributed by atoms with Gasteiger partial charge in [-0.25, -0.2) is 33.6 Å². The molecule has 0 saturated carbocycles. The summed E-state index contributed by atoms with van der Waals surface area (Å²) in [4.78, 5) is 99.5. The first-order chi connectivity index (χ1) is 49.3. The van der Waals surface area contributed by atoms with Crippen molar-refractivity contribution in [1.29, 1.82) is 0 Å². The molecule has 580 valence electrons. The average molecular weight is 1480 g/mol. The Morgan fingerprint density at radius 3 is 0.888 bits per heavy atom. The Hall–Kier alpha value is -11.4. The third-order valence-electron chi connectivity index (χ3n) is 15.3. The van der Waals surface area contributed by atoms with Crippen molar-refractivity contribution >= 4 is 48.3 Å². The number of quaternary nitrogens is 1. The number of nitrogens with zero attached hydrogens (tertiary/aromatic N) is 4. The van der Waals surface area contributed by atoms with Crippen LogP contribution in [0.15, 0.2) is 206 Å². The van der Waals surface area contributed by atoms with Gasteiger partial charge in [-0.1, -0.05) is 162 Å². The molecule has 0 spiro atoms. The number of aromatic carboxylic acids is 2. The second-order valence-corrected chi connectivity index (χ2v) is 23.5. The highest BCUT2D eigenvalue weighted by Crippen LogP contribution is 2.27. The van der Waals surface area contributed by atoms with Gasteiger partial charge in [-0.15, -0.1) is 0 Å². The Kier molecular flexibility index (Phi) is 44.7. The zero-order valence-electron chi connectivity index (χ0n) is 61.5. The van der Waals surface area contributed by atoms with Crippen molar-refractivity contribution < 1.29 is 92.9 Å². The lowest BCUT2D eigenvalue weighted by Gasteiger charge is -2.17. The predicted molar refractivity (Wildman–Crippen MR) is 413 cm³/mol. The van der Waals surface area contributed by atoms with E-state index in [0.717, 1.165) is 11.1 Å². The predicted octanol–water partition coefficient (Wildman–Crippen LogP) is 15.2. The number of carboxylic acid groups (broad SMARTS) is 2. The lowest BCUT2D eigenvalue weighted by Crippen LogP contribution is -2.51. The van der Waals surface area contributed by atoms with Gasteiger partial charge in [0.25, 0.3) is 0 Å². The second-order valence-electron chi connectivity index (χ2n) is 23.5. The quantitative estimate of drug-likeness (QED) is 0.0443. The molecular weight excluding hydrogens is 1370 g/mol. The summed E-state index contributed by atoms with van der Waals surface area (Å²) in [5.41, 5.74) is 14.2. The number of benzene rings is 8. The summed E-state index contributed by atoms with van der Waals surface area (Å²) in [6.07, 6.45) is -4.27. The molecule has 0 aliphatic heterocycles. The van der Waals surface area contributed by atoms with E-state index in [9.17, 15) is 58.8 Å². The third-order valence-corrected chi connectivity index (χ3v) is 15.3. The fourth-order valence-electron chi connectivity index (χ4n) is 8.38. The third kappa shape index (κ3) is 33.9. The highest BCUT2D eigenvalue weighted by molar-refractivity contribution is 6.03. The Morgan fingerprint density at radius 1 is 0.383 bits per heavy atom. The van der Waals surface area contributed by atoms with Crippen molar-refractivity contribution in [3.63, 3.8) is 0 Å². The maximum atomic E-state index is 12.4. The summed E-state index contributed by atoms with van der Waals surface area (Å²) in [5, 5.41) is 39.1. The maximum Gasteiger partial charge on any atom is 0.414 e. The Bertz CT molecular complexity index is 3750. The smallest absolute Gasteiger partial charge is 0.414 e. The van der Waals surface area contributed by atoms with Gasteiger partial charge in [0.05, 0.1) is 34.9 Å². The fraction of sp³-hybridized carbons (Fsp3) is 0.325. The Morgan fingerprint density at radius 2 is 0.636 bits per heavy atom. The molecule has 8 N–H and O–H groups in total. The first kappa shape index (κ1) is 95.6. The lowest BCUT2D eigenvalue weighted by molar-refractivity contribution is -0.420. The van der Waals surface area contributed by atoms with Crippen molar-refractivity contribution in [3.8, 4) is 23.0 Å². The maximum absolute atomic E-state index is 12.4. The normalized spacial score (nSPS) is 11.5. The van der Waals surface area contributed by atoms with E-state index in [1.807, 2.05) is 83.1 Å². The van der Waals surface area contributed by atoms with Crippen molar-refractivity contribution in [2.45, 2.75) is 128 Å². The van der Waals surface area contributed by atoms with Crippen LogP contribution in [0.25, 0.3) is 0 Å². The molecule has 0 saturated heterocycles. The molecule has 0 heterocycles. The Balaban J connectivity index is 0.00000131. The van der Waals surface area contributed by atoms with Gasteiger partial charge in [-0.05, 0) is 164 Å². The molecule has 0 bridgehead atoms. The number of ether oxygens (including phenoxy) is 6. The fourth-order valence-corrected chi connectivity index (χ4v) is 8.38. The minimum Gasteiger partial charge on any atom is -0.545 e. The molecule has 24 nitrogen and oxygen atoms in total. The molecule has 8 aromatic rings. The summed E-state index contributed by atoms with van der Waals surface area (Å²) < 4.78 is 31.5. The standard InChI is InChI=1S/2C20H21NO6.2C12H17NO3.2C8H11N.3CH4/c2*1-4-21(3)20(25)27-15-9-7-8-14(12-15)13(2)26-19(24)17-11-6-5-10-16(17)18(22)23;2*1-4-13(3)12(15)16-11-7-5-6-10(8-11)9(2)14;2*1-7(9)8-5-3-2-4-6-8;;;/h2*5-13H,4H2,1-3H3,(H,22,23);2*5-9,14H,4H2,1-3H3;2*2-7H,9H2,1H3;3*1H4/t13-;;9-;;2*7-;;;/m1.1.11.../s1. The SMILES string of the molecule is C.C.C.CCN(C)C(=O)Oc1cccc(C(C)O)c1.CCN(C)C(=O)Oc1cccc(C(C)OC(=O)c2ccccc2C(=O)O)c1.CCN(C)C(=O)Oc1cccc([C@@H](C)O)c1.CCN(C)C(=O)Oc1cccc([C@@H](C)OC(=O)c2ccccc2C(=O)[O-])c1.C[C@@H](N)c1ccccc1.C[C@@H]([NH3+])c1ccccc1. The summed E-state index contributed by atoms with van der Waals surface area (Å²) >= 11 is 0. The molecule has 24 heteroatoms. The van der Waals surface area contributed by atoms with Gasteiger partial charge >= 0.3 is 42.3 Å². The molecule has 0 fully saturated rings. The molecule has 107 heavy (non-hydrogen) atoms. The van der Waals surface area contributed by atoms with Crippen LogP contribution in [0.2, 0.25) is 0 Å². The number of carbonyl (C=O) groups is 8. The molecule has 2 unspecified atom stereocenters. The number of aliphatic hydroxyl groups excluding tert-OH is 2. The number of aliphatic hydroxyl groups is 2. The van der Waals surface area contributed by atoms with E-state index in [2.05, 4.69) is 24.8 Å². The molecule has 6 atom stereocenters. The number of nitrogens with two attached hydrogens (primary N) is 1. The van der Waals surface area contributed by atoms with Gasteiger partial charge in [-0.3, -0.25) is 0 Å². The number of amides is 4. The number of carbonyl (C=O) groups excluding carboxylic acids is 7. The van der Waals surface area contributed by atoms with Crippen LogP contribution in [-0.4, -0.2) is 138 Å². The number of rotatable bonds is 20. The van der Waals surface area contributed by atoms with Crippen LogP contribution in [0.4, 0.5) is 19.2 Å². The van der Waals surface area contributed by atoms with E-state index in [1.54, 1.807) is 159 Å². The van der Waals surface area contributed by atoms with E-state index >= 15 is 0 Å². The van der Waals surface area contributed by atoms with E-state index in [1.165, 1.54) is 73.2 Å². The van der Waals surface area contributed by atoms with Gasteiger partial charge in [0, 0.05) is 71.5 Å². The minimum atomic E-state index is -1.45. The van der Waals surface area contributed by atoms with Crippen LogP contribution in [0, 0.1) is 0 Å². The van der Waals surface area contributed by atoms with Crippen LogP contribution < -0.4 is 35.5 Å². The van der Waals surface area contributed by atoms with Crippen LogP contribution >= 0.6 is 0 Å². The van der Waals surface area contributed by atoms with Crippen LogP contribution in [-0.2, 0) is 9.47 Å². The molecule has 0 aliphatic rings. The zero-order valence-corrected chi connectivity index (χ0v) is 61.5. The summed E-state index contributed by atoms with van der Waals surface area (Å²) in [6, 6.07) is 59.4. The van der Waals surface area contributed by atoms with Gasteiger partial charge < -0.3 is 84.7 Å². The van der Waals surface area contributed by atoms with Crippen molar-refractivity contribution in [3.05, 3.63) is 262 Å². The number of hydrogen-bond donors (Lipinski definition) is 5. The van der Waals surface area contributed by atoms with Crippen LogP contribution in [0.3, 0.4) is 0 Å². The van der Waals surface area contributed by atoms with E-state index < -0.39 is 72.7 Å². The summed E-state index contributed by atoms with van der Waals surface area (Å²) in [5.74, 6) is -2.65. The Labute approximate surface area is 631 Å². The van der Waals surface area contributed by atoms with Crippen molar-refractivity contribution in [2.24, 2.45) is 5.73 Å². The molecule has 0 aliphatic carbocycles. The summed E-state index contributed by atoms with van der Waals surface area (Å²) in [6.45, 7) is 20.3. The van der Waals surface area contributed by atoms with Gasteiger partial charge in [-0.2, -0.15) is 0 Å². The molecule has 0 aromatic heterocycles. The van der Waals surface area contributed by atoms with Gasteiger partial charge in [0.1, 0.15) is 41.2 Å². The van der Waals surface area contributed by atoms with E-state index in [4.69, 9.17) is 34.2 Å². The largest absolute Gasteiger partial charge is 0.545 e. The number of carboxylic acids is 2. The number of hydrogen-bond acceptors (Lipinski definition) is 18. The minimum absolute atomic E-state index is 0.